The van der Waals surface area contributed by atoms with Crippen molar-refractivity contribution in [3.63, 3.8) is 0 Å². The Kier molecular flexibility index (Phi) is 3.05. The van der Waals surface area contributed by atoms with Crippen LogP contribution >= 0.6 is 22.9 Å². The van der Waals surface area contributed by atoms with Crippen LogP contribution in [-0.2, 0) is 4.79 Å². The molecule has 1 aliphatic heterocycles. The molecule has 1 unspecified atom stereocenters. The maximum atomic E-state index is 12.0. The largest absolute Gasteiger partial charge is 0.369 e. The van der Waals surface area contributed by atoms with Crippen LogP contribution in [0.3, 0.4) is 0 Å². The lowest BCUT2D eigenvalue weighted by molar-refractivity contribution is -0.126. The van der Waals surface area contributed by atoms with Gasteiger partial charge in [0.2, 0.25) is 15.4 Å². The molecule has 0 spiro atoms. The van der Waals surface area contributed by atoms with Crippen molar-refractivity contribution in [1.82, 2.24) is 15.1 Å². The van der Waals surface area contributed by atoms with Crippen LogP contribution in [0.25, 0.3) is 0 Å². The average Bonchev–Trinajstić information content (AvgIpc) is 2.85. The summed E-state index contributed by atoms with van der Waals surface area (Å²) in [6.07, 6.45) is 0.570. The summed E-state index contributed by atoms with van der Waals surface area (Å²) in [6.45, 7) is 2.57. The molecule has 2 N–H and O–H groups in total. The Morgan fingerprint density at radius 1 is 1.53 bits per heavy atom. The van der Waals surface area contributed by atoms with Crippen molar-refractivity contribution in [3.8, 4) is 0 Å². The molecule has 1 aliphatic rings. The zero-order valence-electron chi connectivity index (χ0n) is 9.14. The smallest absolute Gasteiger partial charge is 0.284 e. The Morgan fingerprint density at radius 3 is 2.71 bits per heavy atom. The molecule has 0 bridgehead atoms. The standard InChI is InChI=1S/C9H11ClN4O2S/c1-9(7(11)16)2-3-14(4-9)6(15)5-12-13-8(10)17-5/h2-4H2,1H3,(H2,11,16). The van der Waals surface area contributed by atoms with Gasteiger partial charge in [-0.1, -0.05) is 11.3 Å². The Labute approximate surface area is 107 Å². The van der Waals surface area contributed by atoms with Gasteiger partial charge in [-0.2, -0.15) is 0 Å². The second-order valence-electron chi connectivity index (χ2n) is 4.26. The molecule has 2 rings (SSSR count). The molecule has 0 radical (unpaired) electrons. The summed E-state index contributed by atoms with van der Waals surface area (Å²) in [4.78, 5) is 24.8. The third-order valence-corrected chi connectivity index (χ3v) is 3.95. The lowest BCUT2D eigenvalue weighted by Gasteiger charge is -2.20. The van der Waals surface area contributed by atoms with Gasteiger partial charge in [0.1, 0.15) is 0 Å². The molecule has 1 saturated heterocycles. The van der Waals surface area contributed by atoms with Crippen molar-refractivity contribution in [2.75, 3.05) is 13.1 Å². The lowest BCUT2D eigenvalue weighted by atomic mass is 9.89. The fraction of sp³-hybridized carbons (Fsp3) is 0.556. The molecule has 0 saturated carbocycles. The molecule has 92 valence electrons. The number of nitrogens with zero attached hydrogens (tertiary/aromatic N) is 3. The predicted molar refractivity (Wildman–Crippen MR) is 62.7 cm³/mol. The van der Waals surface area contributed by atoms with Crippen LogP contribution < -0.4 is 5.73 Å². The maximum absolute atomic E-state index is 12.0. The van der Waals surface area contributed by atoms with Crippen molar-refractivity contribution in [3.05, 3.63) is 9.47 Å². The number of hydrogen-bond acceptors (Lipinski definition) is 5. The van der Waals surface area contributed by atoms with E-state index in [9.17, 15) is 9.59 Å². The van der Waals surface area contributed by atoms with Crippen molar-refractivity contribution in [2.24, 2.45) is 11.1 Å². The summed E-state index contributed by atoms with van der Waals surface area (Å²) in [6, 6.07) is 0. The molecule has 1 fully saturated rings. The highest BCUT2D eigenvalue weighted by atomic mass is 35.5. The van der Waals surface area contributed by atoms with Crippen LogP contribution in [0.2, 0.25) is 4.47 Å². The summed E-state index contributed by atoms with van der Waals surface area (Å²) in [5, 5.41) is 7.50. The summed E-state index contributed by atoms with van der Waals surface area (Å²) < 4.78 is 0.227. The van der Waals surface area contributed by atoms with Crippen molar-refractivity contribution < 1.29 is 9.59 Å². The fourth-order valence-corrected chi connectivity index (χ4v) is 2.56. The van der Waals surface area contributed by atoms with Crippen LogP contribution in [0.4, 0.5) is 0 Å². The first kappa shape index (κ1) is 12.3. The first-order valence-electron chi connectivity index (χ1n) is 5.00. The molecular weight excluding hydrogens is 264 g/mol. The van der Waals surface area contributed by atoms with E-state index in [2.05, 4.69) is 10.2 Å². The summed E-state index contributed by atoms with van der Waals surface area (Å²) in [5.41, 5.74) is 4.67. The average molecular weight is 275 g/mol. The quantitative estimate of drug-likeness (QED) is 0.852. The van der Waals surface area contributed by atoms with Gasteiger partial charge in [-0.15, -0.1) is 10.2 Å². The number of halogens is 1. The Hall–Kier alpha value is -1.21. The van der Waals surface area contributed by atoms with E-state index < -0.39 is 5.41 Å². The van der Waals surface area contributed by atoms with E-state index in [1.54, 1.807) is 11.8 Å². The monoisotopic (exact) mass is 274 g/mol. The van der Waals surface area contributed by atoms with Crippen LogP contribution in [0.5, 0.6) is 0 Å². The zero-order valence-corrected chi connectivity index (χ0v) is 10.7. The van der Waals surface area contributed by atoms with Gasteiger partial charge in [-0.3, -0.25) is 9.59 Å². The normalized spacial score (nSPS) is 24.0. The number of amides is 2. The van der Waals surface area contributed by atoms with Gasteiger partial charge in [0.15, 0.2) is 0 Å². The minimum atomic E-state index is -0.649. The van der Waals surface area contributed by atoms with Crippen LogP contribution in [0.1, 0.15) is 23.1 Å². The van der Waals surface area contributed by atoms with Gasteiger partial charge >= 0.3 is 0 Å². The van der Waals surface area contributed by atoms with E-state index >= 15 is 0 Å². The van der Waals surface area contributed by atoms with Crippen LogP contribution in [0.15, 0.2) is 0 Å². The summed E-state index contributed by atoms with van der Waals surface area (Å²) in [5.74, 6) is -0.637. The highest BCUT2D eigenvalue weighted by molar-refractivity contribution is 7.17. The molecule has 17 heavy (non-hydrogen) atoms. The molecule has 8 heteroatoms. The van der Waals surface area contributed by atoms with Gasteiger partial charge in [-0.25, -0.2) is 0 Å². The van der Waals surface area contributed by atoms with E-state index in [0.717, 1.165) is 11.3 Å². The van der Waals surface area contributed by atoms with E-state index in [-0.39, 0.29) is 21.3 Å². The Bertz CT molecular complexity index is 477. The highest BCUT2D eigenvalue weighted by Crippen LogP contribution is 2.30. The number of carbonyl (C=O) groups excluding carboxylic acids is 2. The fourth-order valence-electron chi connectivity index (χ4n) is 1.76. The first-order chi connectivity index (χ1) is 7.92. The molecule has 0 aromatic carbocycles. The predicted octanol–water partition coefficient (Wildman–Crippen LogP) is 0.529. The zero-order chi connectivity index (χ0) is 12.6. The number of carbonyl (C=O) groups is 2. The molecule has 1 aromatic heterocycles. The topological polar surface area (TPSA) is 89.2 Å². The number of aromatic nitrogens is 2. The van der Waals surface area contributed by atoms with Gasteiger partial charge < -0.3 is 10.6 Å². The summed E-state index contributed by atoms with van der Waals surface area (Å²) in [7, 11) is 0. The van der Waals surface area contributed by atoms with E-state index in [4.69, 9.17) is 17.3 Å². The summed E-state index contributed by atoms with van der Waals surface area (Å²) >= 11 is 6.64. The second-order valence-corrected chi connectivity index (χ2v) is 5.82. The maximum Gasteiger partial charge on any atom is 0.284 e. The molecule has 1 atom stereocenters. The number of likely N-dealkylation sites (tertiary alicyclic amines) is 1. The molecule has 1 aromatic rings. The third kappa shape index (κ3) is 2.25. The van der Waals surface area contributed by atoms with Crippen molar-refractivity contribution in [1.29, 1.82) is 0 Å². The van der Waals surface area contributed by atoms with Crippen molar-refractivity contribution >= 4 is 34.8 Å². The molecule has 6 nitrogen and oxygen atoms in total. The number of primary amides is 1. The van der Waals surface area contributed by atoms with Crippen molar-refractivity contribution in [2.45, 2.75) is 13.3 Å². The SMILES string of the molecule is CC1(C(N)=O)CCN(C(=O)c2nnc(Cl)s2)C1. The Balaban J connectivity index is 2.11. The van der Waals surface area contributed by atoms with Gasteiger partial charge in [0.25, 0.3) is 5.91 Å². The van der Waals surface area contributed by atoms with Gasteiger partial charge in [0.05, 0.1) is 5.41 Å². The lowest BCUT2D eigenvalue weighted by Crippen LogP contribution is -2.38. The van der Waals surface area contributed by atoms with Crippen LogP contribution in [0, 0.1) is 5.41 Å². The number of rotatable bonds is 2. The Morgan fingerprint density at radius 2 is 2.24 bits per heavy atom. The minimum Gasteiger partial charge on any atom is -0.369 e. The van der Waals surface area contributed by atoms with E-state index in [1.807, 2.05) is 0 Å². The van der Waals surface area contributed by atoms with Gasteiger partial charge in [0, 0.05) is 13.1 Å². The van der Waals surface area contributed by atoms with Crippen LogP contribution in [-0.4, -0.2) is 40.0 Å². The molecule has 2 amide bonds. The highest BCUT2D eigenvalue weighted by Gasteiger charge is 2.41. The number of nitrogens with two attached hydrogens (primary N) is 1. The molecular formula is C9H11ClN4O2S. The molecule has 2 heterocycles. The minimum absolute atomic E-state index is 0.227. The van der Waals surface area contributed by atoms with Gasteiger partial charge in [-0.05, 0) is 24.9 Å². The van der Waals surface area contributed by atoms with E-state index in [1.165, 1.54) is 0 Å². The first-order valence-corrected chi connectivity index (χ1v) is 6.20. The second kappa shape index (κ2) is 4.23. The number of hydrogen-bond donors (Lipinski definition) is 1. The third-order valence-electron chi connectivity index (χ3n) is 2.94. The van der Waals surface area contributed by atoms with E-state index in [0.29, 0.717) is 19.5 Å². The molecule has 0 aliphatic carbocycles.